The average molecular weight is 361 g/mol. The number of nitrogens with zero attached hydrogens (tertiary/aromatic N) is 1. The number of nitrogens with two attached hydrogens (primary N) is 1. The first-order valence-electron chi connectivity index (χ1n) is 7.35. The Hall–Kier alpha value is -3.06. The van der Waals surface area contributed by atoms with E-state index in [0.29, 0.717) is 16.4 Å². The molecule has 2 rings (SSSR count). The number of rotatable bonds is 5. The molecule has 0 saturated heterocycles. The van der Waals surface area contributed by atoms with Crippen LogP contribution in [0.15, 0.2) is 53.7 Å². The van der Waals surface area contributed by atoms with Gasteiger partial charge >= 0.3 is 6.09 Å². The number of nitrogens with one attached hydrogen (secondary N) is 2. The van der Waals surface area contributed by atoms with Crippen molar-refractivity contribution in [3.05, 3.63) is 59.1 Å². The Kier molecular flexibility index (Phi) is 6.36. The highest BCUT2D eigenvalue weighted by Gasteiger charge is 2.08. The van der Waals surface area contributed by atoms with Crippen molar-refractivity contribution in [1.29, 1.82) is 0 Å². The molecule has 0 atom stereocenters. The zero-order valence-corrected chi connectivity index (χ0v) is 14.2. The van der Waals surface area contributed by atoms with E-state index in [9.17, 15) is 9.59 Å². The molecule has 0 unspecified atom stereocenters. The maximum Gasteiger partial charge on any atom is 0.437 e. The first kappa shape index (κ1) is 18.3. The third-order valence-electron chi connectivity index (χ3n) is 2.99. The number of amidine groups is 1. The molecule has 0 spiro atoms. The highest BCUT2D eigenvalue weighted by molar-refractivity contribution is 6.30. The van der Waals surface area contributed by atoms with E-state index in [-0.39, 0.29) is 18.2 Å². The van der Waals surface area contributed by atoms with E-state index in [4.69, 9.17) is 17.3 Å². The minimum absolute atomic E-state index is 0.133. The lowest BCUT2D eigenvalue weighted by molar-refractivity contribution is -0.115. The van der Waals surface area contributed by atoms with Gasteiger partial charge in [-0.1, -0.05) is 40.5 Å². The predicted molar refractivity (Wildman–Crippen MR) is 97.6 cm³/mol. The van der Waals surface area contributed by atoms with Gasteiger partial charge in [-0.15, -0.1) is 0 Å². The number of benzene rings is 2. The van der Waals surface area contributed by atoms with Crippen molar-refractivity contribution in [3.8, 4) is 0 Å². The standard InChI is InChI=1S/C17H17ClN4O3/c1-11-5-7-13(8-6-11)20-16(23)10-15(19)22-25-17(24)21-14-4-2-3-12(18)9-14/h2-9H,10H2,1H3,(H2,19,22)(H,20,23)(H,21,24). The fourth-order valence-electron chi connectivity index (χ4n) is 1.85. The first-order valence-corrected chi connectivity index (χ1v) is 7.72. The van der Waals surface area contributed by atoms with Crippen molar-refractivity contribution >= 4 is 40.8 Å². The molecule has 2 aromatic rings. The Morgan fingerprint density at radius 2 is 1.84 bits per heavy atom. The smallest absolute Gasteiger partial charge is 0.384 e. The van der Waals surface area contributed by atoms with Gasteiger partial charge in [0, 0.05) is 16.4 Å². The molecule has 0 aliphatic carbocycles. The quantitative estimate of drug-likeness (QED) is 0.328. The van der Waals surface area contributed by atoms with Crippen molar-refractivity contribution in [2.45, 2.75) is 13.3 Å². The molecule has 2 amide bonds. The van der Waals surface area contributed by atoms with Crippen molar-refractivity contribution in [2.75, 3.05) is 10.6 Å². The number of oxime groups is 1. The van der Waals surface area contributed by atoms with E-state index < -0.39 is 6.09 Å². The van der Waals surface area contributed by atoms with Crippen molar-refractivity contribution in [2.24, 2.45) is 10.9 Å². The van der Waals surface area contributed by atoms with Gasteiger partial charge in [0.05, 0.1) is 6.42 Å². The largest absolute Gasteiger partial charge is 0.437 e. The van der Waals surface area contributed by atoms with Gasteiger partial charge in [-0.2, -0.15) is 0 Å². The number of amides is 2. The first-order chi connectivity index (χ1) is 11.9. The van der Waals surface area contributed by atoms with Crippen LogP contribution in [-0.2, 0) is 9.63 Å². The molecule has 0 radical (unpaired) electrons. The van der Waals surface area contributed by atoms with E-state index in [1.54, 1.807) is 36.4 Å². The van der Waals surface area contributed by atoms with Gasteiger partial charge in [0.1, 0.15) is 5.84 Å². The highest BCUT2D eigenvalue weighted by atomic mass is 35.5. The van der Waals surface area contributed by atoms with Crippen LogP contribution in [0.1, 0.15) is 12.0 Å². The summed E-state index contributed by atoms with van der Waals surface area (Å²) in [6, 6.07) is 13.8. The number of aryl methyl sites for hydroxylation is 1. The van der Waals surface area contributed by atoms with Crippen LogP contribution >= 0.6 is 11.6 Å². The summed E-state index contributed by atoms with van der Waals surface area (Å²) < 4.78 is 0. The SMILES string of the molecule is Cc1ccc(NC(=O)CC(N)=NOC(=O)Nc2cccc(Cl)c2)cc1. The lowest BCUT2D eigenvalue weighted by Crippen LogP contribution is -2.23. The Bertz CT molecular complexity index is 791. The Morgan fingerprint density at radius 3 is 2.52 bits per heavy atom. The Morgan fingerprint density at radius 1 is 1.12 bits per heavy atom. The van der Waals surface area contributed by atoms with Crippen LogP contribution in [0.2, 0.25) is 5.02 Å². The molecule has 8 heteroatoms. The van der Waals surface area contributed by atoms with Crippen molar-refractivity contribution in [1.82, 2.24) is 0 Å². The molecule has 7 nitrogen and oxygen atoms in total. The van der Waals surface area contributed by atoms with Gasteiger partial charge in [-0.3, -0.25) is 14.9 Å². The number of halogens is 1. The maximum atomic E-state index is 11.8. The third-order valence-corrected chi connectivity index (χ3v) is 3.23. The summed E-state index contributed by atoms with van der Waals surface area (Å²) in [5.74, 6) is -0.505. The molecule has 2 aromatic carbocycles. The molecule has 0 bridgehead atoms. The number of carbonyl (C=O) groups is 2. The van der Waals surface area contributed by atoms with Gasteiger partial charge in [0.15, 0.2) is 0 Å². The molecule has 0 aromatic heterocycles. The van der Waals surface area contributed by atoms with Crippen LogP contribution < -0.4 is 16.4 Å². The minimum atomic E-state index is -0.843. The van der Waals surface area contributed by atoms with Gasteiger partial charge in [-0.25, -0.2) is 4.79 Å². The summed E-state index contributed by atoms with van der Waals surface area (Å²) in [5, 5.41) is 8.98. The fraction of sp³-hybridized carbons (Fsp3) is 0.118. The topological polar surface area (TPSA) is 106 Å². The average Bonchev–Trinajstić information content (AvgIpc) is 2.55. The lowest BCUT2D eigenvalue weighted by Gasteiger charge is -2.06. The number of hydrogen-bond acceptors (Lipinski definition) is 4. The van der Waals surface area contributed by atoms with Crippen LogP contribution in [-0.4, -0.2) is 17.8 Å². The molecule has 0 heterocycles. The summed E-state index contributed by atoms with van der Waals surface area (Å²) in [7, 11) is 0. The molecule has 0 aliphatic rings. The molecular formula is C17H17ClN4O3. The normalized spacial score (nSPS) is 10.9. The fourth-order valence-corrected chi connectivity index (χ4v) is 2.04. The Balaban J connectivity index is 1.81. The minimum Gasteiger partial charge on any atom is -0.384 e. The maximum absolute atomic E-state index is 11.8. The lowest BCUT2D eigenvalue weighted by atomic mass is 10.2. The molecule has 25 heavy (non-hydrogen) atoms. The summed E-state index contributed by atoms with van der Waals surface area (Å²) in [6.45, 7) is 1.95. The monoisotopic (exact) mass is 360 g/mol. The van der Waals surface area contributed by atoms with Crippen LogP contribution in [0, 0.1) is 6.92 Å². The Labute approximate surface area is 149 Å². The van der Waals surface area contributed by atoms with E-state index >= 15 is 0 Å². The molecule has 0 fully saturated rings. The van der Waals surface area contributed by atoms with Crippen LogP contribution in [0.4, 0.5) is 16.2 Å². The summed E-state index contributed by atoms with van der Waals surface area (Å²) in [5.41, 5.74) is 7.75. The second kappa shape index (κ2) is 8.70. The molecule has 130 valence electrons. The number of hydrogen-bond donors (Lipinski definition) is 3. The van der Waals surface area contributed by atoms with Crippen LogP contribution in [0.3, 0.4) is 0 Å². The summed E-state index contributed by atoms with van der Waals surface area (Å²) in [6.07, 6.45) is -1.05. The zero-order chi connectivity index (χ0) is 18.2. The summed E-state index contributed by atoms with van der Waals surface area (Å²) in [4.78, 5) is 28.0. The van der Waals surface area contributed by atoms with Crippen LogP contribution in [0.25, 0.3) is 0 Å². The second-order valence-corrected chi connectivity index (χ2v) is 5.62. The molecular weight excluding hydrogens is 344 g/mol. The molecule has 0 saturated carbocycles. The number of anilines is 2. The van der Waals surface area contributed by atoms with Gasteiger partial charge in [-0.05, 0) is 37.3 Å². The second-order valence-electron chi connectivity index (χ2n) is 5.19. The van der Waals surface area contributed by atoms with E-state index in [1.807, 2.05) is 19.1 Å². The summed E-state index contributed by atoms with van der Waals surface area (Å²) >= 11 is 5.80. The zero-order valence-electron chi connectivity index (χ0n) is 13.5. The number of carbonyl (C=O) groups excluding carboxylic acids is 2. The predicted octanol–water partition coefficient (Wildman–Crippen LogP) is 3.50. The third kappa shape index (κ3) is 6.52. The molecule has 4 N–H and O–H groups in total. The van der Waals surface area contributed by atoms with Crippen molar-refractivity contribution < 1.29 is 14.4 Å². The van der Waals surface area contributed by atoms with E-state index in [2.05, 4.69) is 20.6 Å². The van der Waals surface area contributed by atoms with E-state index in [0.717, 1.165) is 5.56 Å². The molecule has 0 aliphatic heterocycles. The van der Waals surface area contributed by atoms with Gasteiger partial charge < -0.3 is 11.1 Å². The van der Waals surface area contributed by atoms with E-state index in [1.165, 1.54) is 0 Å². The van der Waals surface area contributed by atoms with Gasteiger partial charge in [0.2, 0.25) is 5.91 Å². The van der Waals surface area contributed by atoms with Gasteiger partial charge in [0.25, 0.3) is 0 Å². The highest BCUT2D eigenvalue weighted by Crippen LogP contribution is 2.15. The van der Waals surface area contributed by atoms with Crippen molar-refractivity contribution in [3.63, 3.8) is 0 Å². The van der Waals surface area contributed by atoms with Crippen LogP contribution in [0.5, 0.6) is 0 Å².